The van der Waals surface area contributed by atoms with Crippen molar-refractivity contribution in [2.45, 2.75) is 12.5 Å². The highest BCUT2D eigenvalue weighted by Gasteiger charge is 2.14. The third kappa shape index (κ3) is 2.54. The van der Waals surface area contributed by atoms with Gasteiger partial charge in [-0.15, -0.1) is 0 Å². The second kappa shape index (κ2) is 4.84. The van der Waals surface area contributed by atoms with Crippen LogP contribution in [0.3, 0.4) is 0 Å². The number of carboxylic acid groups (broad SMARTS) is 1. The molecular formula is C13H14N2O2. The second-order valence-corrected chi connectivity index (χ2v) is 3.84. The lowest BCUT2D eigenvalue weighted by Gasteiger charge is -2.14. The van der Waals surface area contributed by atoms with Crippen molar-refractivity contribution in [1.82, 2.24) is 4.57 Å². The van der Waals surface area contributed by atoms with Gasteiger partial charge in [0.05, 0.1) is 12.5 Å². The molecule has 0 aliphatic carbocycles. The summed E-state index contributed by atoms with van der Waals surface area (Å²) >= 11 is 0. The molecule has 3 N–H and O–H groups in total. The zero-order valence-corrected chi connectivity index (χ0v) is 9.28. The van der Waals surface area contributed by atoms with E-state index >= 15 is 0 Å². The summed E-state index contributed by atoms with van der Waals surface area (Å²) in [4.78, 5) is 10.7. The van der Waals surface area contributed by atoms with E-state index in [9.17, 15) is 4.79 Å². The van der Waals surface area contributed by atoms with Crippen LogP contribution in [0, 0.1) is 0 Å². The number of nitrogens with zero attached hydrogens (tertiary/aromatic N) is 1. The summed E-state index contributed by atoms with van der Waals surface area (Å²) in [5.74, 6) is -0.890. The number of hydrogen-bond acceptors (Lipinski definition) is 2. The van der Waals surface area contributed by atoms with Crippen molar-refractivity contribution in [1.29, 1.82) is 0 Å². The zero-order valence-electron chi connectivity index (χ0n) is 9.28. The second-order valence-electron chi connectivity index (χ2n) is 3.84. The molecule has 2 rings (SSSR count). The molecule has 17 heavy (non-hydrogen) atoms. The van der Waals surface area contributed by atoms with Crippen molar-refractivity contribution >= 4 is 5.97 Å². The number of aromatic nitrogens is 1. The Morgan fingerprint density at radius 3 is 2.59 bits per heavy atom. The summed E-state index contributed by atoms with van der Waals surface area (Å²) in [6.07, 6.45) is 1.81. The topological polar surface area (TPSA) is 68.2 Å². The summed E-state index contributed by atoms with van der Waals surface area (Å²) in [6, 6.07) is 12.9. The molecule has 0 bridgehead atoms. The Balaban J connectivity index is 2.32. The van der Waals surface area contributed by atoms with Crippen LogP contribution in [0.2, 0.25) is 0 Å². The molecule has 0 amide bonds. The Kier molecular flexibility index (Phi) is 3.25. The Morgan fingerprint density at radius 1 is 1.24 bits per heavy atom. The van der Waals surface area contributed by atoms with Gasteiger partial charge in [0, 0.05) is 17.6 Å². The minimum atomic E-state index is -0.890. The molecule has 0 fully saturated rings. The van der Waals surface area contributed by atoms with Gasteiger partial charge in [0.1, 0.15) is 0 Å². The number of carbonyl (C=O) groups is 1. The summed E-state index contributed by atoms with van der Waals surface area (Å²) in [5, 5.41) is 8.75. The van der Waals surface area contributed by atoms with E-state index in [0.717, 1.165) is 11.4 Å². The number of benzene rings is 1. The number of para-hydroxylation sites is 1. The van der Waals surface area contributed by atoms with Crippen LogP contribution in [0.5, 0.6) is 0 Å². The van der Waals surface area contributed by atoms with Gasteiger partial charge in [-0.2, -0.15) is 0 Å². The van der Waals surface area contributed by atoms with Crippen LogP contribution in [0.4, 0.5) is 0 Å². The van der Waals surface area contributed by atoms with Crippen LogP contribution in [-0.2, 0) is 4.79 Å². The first-order valence-corrected chi connectivity index (χ1v) is 5.38. The van der Waals surface area contributed by atoms with E-state index in [4.69, 9.17) is 10.8 Å². The van der Waals surface area contributed by atoms with Crippen molar-refractivity contribution in [3.05, 3.63) is 54.4 Å². The Bertz CT molecular complexity index is 505. The van der Waals surface area contributed by atoms with Gasteiger partial charge >= 0.3 is 5.97 Å². The van der Waals surface area contributed by atoms with Crippen molar-refractivity contribution in [2.24, 2.45) is 5.73 Å². The van der Waals surface area contributed by atoms with Crippen molar-refractivity contribution in [3.8, 4) is 5.69 Å². The highest BCUT2D eigenvalue weighted by atomic mass is 16.4. The van der Waals surface area contributed by atoms with Crippen molar-refractivity contribution in [3.63, 3.8) is 0 Å². The predicted molar refractivity (Wildman–Crippen MR) is 65.0 cm³/mol. The van der Waals surface area contributed by atoms with Crippen LogP contribution in [-0.4, -0.2) is 15.6 Å². The maximum absolute atomic E-state index is 10.7. The molecule has 0 saturated carbocycles. The molecule has 88 valence electrons. The smallest absolute Gasteiger partial charge is 0.305 e. The van der Waals surface area contributed by atoms with Gasteiger partial charge < -0.3 is 15.4 Å². The molecule has 0 aliphatic rings. The molecule has 1 aromatic carbocycles. The van der Waals surface area contributed by atoms with Crippen LogP contribution in [0.15, 0.2) is 48.7 Å². The van der Waals surface area contributed by atoms with E-state index < -0.39 is 12.0 Å². The van der Waals surface area contributed by atoms with Crippen LogP contribution >= 0.6 is 0 Å². The first-order chi connectivity index (χ1) is 8.18. The van der Waals surface area contributed by atoms with Gasteiger partial charge in [0.2, 0.25) is 0 Å². The summed E-state index contributed by atoms with van der Waals surface area (Å²) in [6.45, 7) is 0. The normalized spacial score (nSPS) is 12.3. The SMILES string of the molecule is NC(CC(=O)O)c1cccn1-c1ccccc1. The molecule has 2 aromatic rings. The van der Waals surface area contributed by atoms with Gasteiger partial charge in [0.25, 0.3) is 0 Å². The van der Waals surface area contributed by atoms with Gasteiger partial charge in [-0.1, -0.05) is 18.2 Å². The fraction of sp³-hybridized carbons (Fsp3) is 0.154. The number of rotatable bonds is 4. The molecule has 1 atom stereocenters. The molecule has 1 heterocycles. The van der Waals surface area contributed by atoms with E-state index in [1.54, 1.807) is 0 Å². The minimum absolute atomic E-state index is 0.0726. The molecule has 4 nitrogen and oxygen atoms in total. The Hall–Kier alpha value is -2.07. The van der Waals surface area contributed by atoms with Crippen LogP contribution in [0.1, 0.15) is 18.2 Å². The lowest BCUT2D eigenvalue weighted by molar-refractivity contribution is -0.137. The van der Waals surface area contributed by atoms with Gasteiger partial charge in [-0.3, -0.25) is 4.79 Å². The van der Waals surface area contributed by atoms with Crippen molar-refractivity contribution < 1.29 is 9.90 Å². The summed E-state index contributed by atoms with van der Waals surface area (Å²) < 4.78 is 1.91. The Morgan fingerprint density at radius 2 is 1.94 bits per heavy atom. The van der Waals surface area contributed by atoms with E-state index in [-0.39, 0.29) is 6.42 Å². The maximum Gasteiger partial charge on any atom is 0.305 e. The van der Waals surface area contributed by atoms with Gasteiger partial charge in [0.15, 0.2) is 0 Å². The van der Waals surface area contributed by atoms with E-state index in [0.29, 0.717) is 0 Å². The number of carboxylic acids is 1. The molecule has 0 aliphatic heterocycles. The standard InChI is InChI=1S/C13H14N2O2/c14-11(9-13(16)17)12-7-4-8-15(12)10-5-2-1-3-6-10/h1-8,11H,9,14H2,(H,16,17). The predicted octanol–water partition coefficient (Wildman–Crippen LogP) is 1.95. The third-order valence-corrected chi connectivity index (χ3v) is 2.59. The van der Waals surface area contributed by atoms with Crippen molar-refractivity contribution in [2.75, 3.05) is 0 Å². The number of nitrogens with two attached hydrogens (primary N) is 1. The van der Waals surface area contributed by atoms with Crippen LogP contribution in [0.25, 0.3) is 5.69 Å². The zero-order chi connectivity index (χ0) is 12.3. The van der Waals surface area contributed by atoms with E-state index in [2.05, 4.69) is 0 Å². The van der Waals surface area contributed by atoms with E-state index in [1.807, 2.05) is 53.2 Å². The summed E-state index contributed by atoms with van der Waals surface area (Å²) in [5.41, 5.74) is 7.66. The van der Waals surface area contributed by atoms with Gasteiger partial charge in [-0.05, 0) is 24.3 Å². The lowest BCUT2D eigenvalue weighted by Crippen LogP contribution is -2.18. The average molecular weight is 230 g/mol. The highest BCUT2D eigenvalue weighted by Crippen LogP contribution is 2.19. The fourth-order valence-corrected chi connectivity index (χ4v) is 1.81. The molecule has 0 saturated heterocycles. The molecule has 4 heteroatoms. The number of hydrogen-bond donors (Lipinski definition) is 2. The Labute approximate surface area is 99.3 Å². The monoisotopic (exact) mass is 230 g/mol. The molecule has 0 radical (unpaired) electrons. The fourth-order valence-electron chi connectivity index (χ4n) is 1.81. The molecule has 0 spiro atoms. The molecule has 1 unspecified atom stereocenters. The van der Waals surface area contributed by atoms with E-state index in [1.165, 1.54) is 0 Å². The summed E-state index contributed by atoms with van der Waals surface area (Å²) in [7, 11) is 0. The van der Waals surface area contributed by atoms with Gasteiger partial charge in [-0.25, -0.2) is 0 Å². The quantitative estimate of drug-likeness (QED) is 0.843. The number of aliphatic carboxylic acids is 1. The lowest BCUT2D eigenvalue weighted by atomic mass is 10.1. The first kappa shape index (κ1) is 11.4. The highest BCUT2D eigenvalue weighted by molar-refractivity contribution is 5.67. The third-order valence-electron chi connectivity index (χ3n) is 2.59. The first-order valence-electron chi connectivity index (χ1n) is 5.38. The maximum atomic E-state index is 10.7. The molecule has 1 aromatic heterocycles. The average Bonchev–Trinajstić information content (AvgIpc) is 2.78. The van der Waals surface area contributed by atoms with Crippen LogP contribution < -0.4 is 5.73 Å². The largest absolute Gasteiger partial charge is 0.481 e. The molecular weight excluding hydrogens is 216 g/mol. The minimum Gasteiger partial charge on any atom is -0.481 e.